The lowest BCUT2D eigenvalue weighted by atomic mass is 9.82. The third-order valence-electron chi connectivity index (χ3n) is 3.62. The molecule has 2 aliphatic rings. The molecule has 104 valence electrons. The molecule has 1 fully saturated rings. The number of amides is 1. The molecule has 20 heavy (non-hydrogen) atoms. The number of aliphatic carboxylic acids is 1. The van der Waals surface area contributed by atoms with Crippen LogP contribution in [0.5, 0.6) is 0 Å². The van der Waals surface area contributed by atoms with E-state index in [-0.39, 0.29) is 5.91 Å². The third kappa shape index (κ3) is 2.22. The molecule has 2 heterocycles. The van der Waals surface area contributed by atoms with Crippen molar-refractivity contribution in [3.8, 4) is 0 Å². The summed E-state index contributed by atoms with van der Waals surface area (Å²) in [7, 11) is 0. The zero-order valence-electron chi connectivity index (χ0n) is 10.3. The highest BCUT2D eigenvalue weighted by atomic mass is 127. The maximum absolute atomic E-state index is 12.4. The number of benzene rings is 1. The van der Waals surface area contributed by atoms with Crippen LogP contribution < -0.4 is 5.32 Å². The number of carbonyl (C=O) groups excluding carboxylic acids is 1. The Balaban J connectivity index is 1.82. The molecule has 3 rings (SSSR count). The van der Waals surface area contributed by atoms with Crippen LogP contribution in [0, 0.1) is 15.4 Å². The zero-order valence-corrected chi connectivity index (χ0v) is 12.5. The van der Waals surface area contributed by atoms with Crippen LogP contribution in [0.25, 0.3) is 0 Å². The topological polar surface area (TPSA) is 75.6 Å². The van der Waals surface area contributed by atoms with E-state index in [0.717, 1.165) is 3.57 Å². The zero-order chi connectivity index (χ0) is 14.3. The number of carboxylic acids is 1. The molecule has 5 nitrogen and oxygen atoms in total. The van der Waals surface area contributed by atoms with E-state index in [4.69, 9.17) is 4.74 Å². The van der Waals surface area contributed by atoms with Crippen LogP contribution in [0.4, 0.5) is 5.69 Å². The van der Waals surface area contributed by atoms with Gasteiger partial charge in [0.25, 0.3) is 0 Å². The van der Waals surface area contributed by atoms with Crippen molar-refractivity contribution < 1.29 is 19.4 Å². The molecular formula is C14H12INO4. The van der Waals surface area contributed by atoms with Crippen molar-refractivity contribution >= 4 is 40.2 Å². The standard InChI is InChI=1S/C14H12INO4/c15-7-3-1-2-4-8(7)16-13(17)11-9-5-6-10(20-9)12(11)14(18)19/h1-6,9-12H,(H,16,17)(H,18,19)/t9-,10+,11+,12-/m0/s1. The monoisotopic (exact) mass is 385 g/mol. The van der Waals surface area contributed by atoms with Gasteiger partial charge in [0.15, 0.2) is 0 Å². The fourth-order valence-electron chi connectivity index (χ4n) is 2.69. The van der Waals surface area contributed by atoms with Crippen LogP contribution in [0.2, 0.25) is 0 Å². The average molecular weight is 385 g/mol. The summed E-state index contributed by atoms with van der Waals surface area (Å²) in [6.07, 6.45) is 2.55. The van der Waals surface area contributed by atoms with Gasteiger partial charge in [-0.05, 0) is 34.7 Å². The minimum Gasteiger partial charge on any atom is -0.481 e. The number of ether oxygens (including phenoxy) is 1. The predicted octanol–water partition coefficient (Wildman–Crippen LogP) is 1.88. The van der Waals surface area contributed by atoms with Gasteiger partial charge in [0.05, 0.1) is 23.8 Å². The molecule has 0 aliphatic carbocycles. The first kappa shape index (κ1) is 13.6. The summed E-state index contributed by atoms with van der Waals surface area (Å²) in [5, 5.41) is 12.1. The molecule has 2 bridgehead atoms. The molecule has 0 aromatic heterocycles. The highest BCUT2D eigenvalue weighted by Crippen LogP contribution is 2.40. The summed E-state index contributed by atoms with van der Waals surface area (Å²) in [6, 6.07) is 7.37. The van der Waals surface area contributed by atoms with E-state index < -0.39 is 30.0 Å². The summed E-state index contributed by atoms with van der Waals surface area (Å²) < 4.78 is 6.40. The Morgan fingerprint density at radius 1 is 1.15 bits per heavy atom. The molecule has 2 aliphatic heterocycles. The summed E-state index contributed by atoms with van der Waals surface area (Å²) in [4.78, 5) is 23.7. The van der Waals surface area contributed by atoms with Gasteiger partial charge in [-0.1, -0.05) is 24.3 Å². The number of para-hydroxylation sites is 1. The summed E-state index contributed by atoms with van der Waals surface area (Å²) >= 11 is 2.12. The number of nitrogens with one attached hydrogen (secondary N) is 1. The molecule has 2 N–H and O–H groups in total. The summed E-state index contributed by atoms with van der Waals surface area (Å²) in [5.74, 6) is -2.80. The second-order valence-corrected chi connectivity index (χ2v) is 5.97. The molecule has 1 amide bonds. The van der Waals surface area contributed by atoms with Gasteiger partial charge >= 0.3 is 5.97 Å². The van der Waals surface area contributed by atoms with Crippen LogP contribution >= 0.6 is 22.6 Å². The molecule has 1 aromatic carbocycles. The number of halogens is 1. The Labute approximate surface area is 129 Å². The first-order valence-electron chi connectivity index (χ1n) is 6.20. The molecule has 0 spiro atoms. The number of carbonyl (C=O) groups is 2. The van der Waals surface area contributed by atoms with E-state index in [1.165, 1.54) is 0 Å². The van der Waals surface area contributed by atoms with Crippen molar-refractivity contribution in [3.05, 3.63) is 40.0 Å². The van der Waals surface area contributed by atoms with Crippen LogP contribution in [-0.4, -0.2) is 29.2 Å². The van der Waals surface area contributed by atoms with Gasteiger partial charge < -0.3 is 15.2 Å². The first-order valence-corrected chi connectivity index (χ1v) is 7.28. The largest absolute Gasteiger partial charge is 0.481 e. The summed E-state index contributed by atoms with van der Waals surface area (Å²) in [6.45, 7) is 0. The third-order valence-corrected chi connectivity index (χ3v) is 4.56. The number of anilines is 1. The van der Waals surface area contributed by atoms with Gasteiger partial charge in [-0.25, -0.2) is 0 Å². The van der Waals surface area contributed by atoms with Crippen LogP contribution in [0.3, 0.4) is 0 Å². The van der Waals surface area contributed by atoms with E-state index in [0.29, 0.717) is 5.69 Å². The van der Waals surface area contributed by atoms with Crippen molar-refractivity contribution in [1.82, 2.24) is 0 Å². The molecule has 0 saturated carbocycles. The van der Waals surface area contributed by atoms with Gasteiger partial charge in [0, 0.05) is 3.57 Å². The Morgan fingerprint density at radius 2 is 1.80 bits per heavy atom. The van der Waals surface area contributed by atoms with Crippen LogP contribution in [0.15, 0.2) is 36.4 Å². The first-order chi connectivity index (χ1) is 9.58. The quantitative estimate of drug-likeness (QED) is 0.616. The number of rotatable bonds is 3. The lowest BCUT2D eigenvalue weighted by Gasteiger charge is -2.21. The molecular weight excluding hydrogens is 373 g/mol. The van der Waals surface area contributed by atoms with E-state index in [9.17, 15) is 14.7 Å². The normalized spacial score (nSPS) is 30.4. The summed E-state index contributed by atoms with van der Waals surface area (Å²) in [5.41, 5.74) is 0.689. The van der Waals surface area contributed by atoms with Crippen LogP contribution in [0.1, 0.15) is 0 Å². The second-order valence-electron chi connectivity index (χ2n) is 4.81. The van der Waals surface area contributed by atoms with Gasteiger partial charge in [0.2, 0.25) is 5.91 Å². The Hall–Kier alpha value is -1.41. The number of carboxylic acid groups (broad SMARTS) is 1. The average Bonchev–Trinajstić information content (AvgIpc) is 3.01. The van der Waals surface area contributed by atoms with Gasteiger partial charge in [-0.15, -0.1) is 0 Å². The Kier molecular flexibility index (Phi) is 3.51. The molecule has 6 heteroatoms. The lowest BCUT2D eigenvalue weighted by Crippen LogP contribution is -2.39. The SMILES string of the molecule is O=C(O)[C@@H]1[C@H](C(=O)Nc2ccccc2I)[C@@H]2C=C[C@H]1O2. The van der Waals surface area contributed by atoms with Crippen molar-refractivity contribution in [2.45, 2.75) is 12.2 Å². The van der Waals surface area contributed by atoms with Crippen LogP contribution in [-0.2, 0) is 14.3 Å². The van der Waals surface area contributed by atoms with Gasteiger partial charge in [0.1, 0.15) is 5.92 Å². The minimum atomic E-state index is -0.996. The Bertz CT molecular complexity index is 601. The fraction of sp³-hybridized carbons (Fsp3) is 0.286. The fourth-order valence-corrected chi connectivity index (χ4v) is 3.22. The molecule has 0 radical (unpaired) electrons. The smallest absolute Gasteiger partial charge is 0.310 e. The molecule has 0 unspecified atom stereocenters. The highest BCUT2D eigenvalue weighted by Gasteiger charge is 2.53. The Morgan fingerprint density at radius 3 is 2.45 bits per heavy atom. The number of hydrogen-bond donors (Lipinski definition) is 2. The van der Waals surface area contributed by atoms with Gasteiger partial charge in [-0.2, -0.15) is 0 Å². The predicted molar refractivity (Wildman–Crippen MR) is 80.2 cm³/mol. The maximum Gasteiger partial charge on any atom is 0.310 e. The van der Waals surface area contributed by atoms with E-state index in [2.05, 4.69) is 27.9 Å². The van der Waals surface area contributed by atoms with Gasteiger partial charge in [-0.3, -0.25) is 9.59 Å². The van der Waals surface area contributed by atoms with Crippen molar-refractivity contribution in [1.29, 1.82) is 0 Å². The molecule has 1 aromatic rings. The highest BCUT2D eigenvalue weighted by molar-refractivity contribution is 14.1. The lowest BCUT2D eigenvalue weighted by molar-refractivity contribution is -0.145. The number of fused-ring (bicyclic) bond motifs is 2. The van der Waals surface area contributed by atoms with E-state index in [1.54, 1.807) is 18.2 Å². The molecule has 1 saturated heterocycles. The molecule has 4 atom stereocenters. The van der Waals surface area contributed by atoms with E-state index in [1.807, 2.05) is 18.2 Å². The number of hydrogen-bond acceptors (Lipinski definition) is 3. The minimum absolute atomic E-state index is 0.307. The second kappa shape index (κ2) is 5.17. The maximum atomic E-state index is 12.4. The van der Waals surface area contributed by atoms with Crippen molar-refractivity contribution in [3.63, 3.8) is 0 Å². The van der Waals surface area contributed by atoms with E-state index >= 15 is 0 Å². The van der Waals surface area contributed by atoms with Crippen molar-refractivity contribution in [2.75, 3.05) is 5.32 Å². The van der Waals surface area contributed by atoms with Crippen molar-refractivity contribution in [2.24, 2.45) is 11.8 Å².